The molecule has 0 saturated carbocycles. The van der Waals surface area contributed by atoms with Crippen molar-refractivity contribution in [3.63, 3.8) is 0 Å². The van der Waals surface area contributed by atoms with Crippen LogP contribution in [0.3, 0.4) is 0 Å². The van der Waals surface area contributed by atoms with Gasteiger partial charge in [-0.05, 0) is 18.4 Å². The molecule has 1 unspecified atom stereocenters. The van der Waals surface area contributed by atoms with Crippen LogP contribution in [0.2, 0.25) is 0 Å². The van der Waals surface area contributed by atoms with Crippen molar-refractivity contribution in [3.8, 4) is 0 Å². The molecule has 0 aliphatic rings. The summed E-state index contributed by atoms with van der Waals surface area (Å²) in [5.74, 6) is -0.109. The first-order valence-electron chi connectivity index (χ1n) is 6.94. The lowest BCUT2D eigenvalue weighted by atomic mass is 10.1. The van der Waals surface area contributed by atoms with Crippen molar-refractivity contribution >= 4 is 11.8 Å². The highest BCUT2D eigenvalue weighted by Crippen LogP contribution is 2.09. The van der Waals surface area contributed by atoms with E-state index in [0.29, 0.717) is 13.0 Å². The van der Waals surface area contributed by atoms with Crippen molar-refractivity contribution in [2.24, 2.45) is 5.73 Å². The molecule has 2 amide bonds. The maximum absolute atomic E-state index is 11.8. The summed E-state index contributed by atoms with van der Waals surface area (Å²) in [4.78, 5) is 22.8. The monoisotopic (exact) mass is 277 g/mol. The van der Waals surface area contributed by atoms with Crippen LogP contribution in [0.4, 0.5) is 0 Å². The molecule has 5 heteroatoms. The minimum Gasteiger partial charge on any atom is -0.359 e. The third kappa shape index (κ3) is 5.84. The van der Waals surface area contributed by atoms with Gasteiger partial charge < -0.3 is 16.4 Å². The Balaban J connectivity index is 2.16. The van der Waals surface area contributed by atoms with Crippen molar-refractivity contribution < 1.29 is 9.59 Å². The molecule has 0 bridgehead atoms. The van der Waals surface area contributed by atoms with Gasteiger partial charge in [-0.25, -0.2) is 0 Å². The van der Waals surface area contributed by atoms with Gasteiger partial charge in [0.15, 0.2) is 0 Å². The summed E-state index contributed by atoms with van der Waals surface area (Å²) in [5.41, 5.74) is 6.68. The van der Waals surface area contributed by atoms with E-state index in [-0.39, 0.29) is 11.8 Å². The van der Waals surface area contributed by atoms with Gasteiger partial charge in [-0.3, -0.25) is 9.59 Å². The molecule has 0 radical (unpaired) electrons. The van der Waals surface area contributed by atoms with E-state index < -0.39 is 6.04 Å². The maximum Gasteiger partial charge on any atom is 0.241 e. The highest BCUT2D eigenvalue weighted by Gasteiger charge is 2.14. The second-order valence-corrected chi connectivity index (χ2v) is 4.66. The van der Waals surface area contributed by atoms with Crippen molar-refractivity contribution in [1.29, 1.82) is 0 Å². The number of nitrogens with one attached hydrogen (secondary N) is 2. The average Bonchev–Trinajstić information content (AvgIpc) is 2.50. The first kappa shape index (κ1) is 16.2. The highest BCUT2D eigenvalue weighted by molar-refractivity contribution is 5.82. The van der Waals surface area contributed by atoms with Crippen LogP contribution in [0.15, 0.2) is 30.3 Å². The van der Waals surface area contributed by atoms with Gasteiger partial charge in [-0.2, -0.15) is 0 Å². The summed E-state index contributed by atoms with van der Waals surface area (Å²) in [6, 6.07) is 8.67. The van der Waals surface area contributed by atoms with E-state index in [1.807, 2.05) is 30.3 Å². The Morgan fingerprint density at radius 1 is 1.15 bits per heavy atom. The molecule has 1 atom stereocenters. The van der Waals surface area contributed by atoms with Gasteiger partial charge in [-0.15, -0.1) is 0 Å². The normalized spacial score (nSPS) is 11.7. The van der Waals surface area contributed by atoms with Crippen molar-refractivity contribution in [2.45, 2.75) is 31.7 Å². The summed E-state index contributed by atoms with van der Waals surface area (Å²) < 4.78 is 0. The summed E-state index contributed by atoms with van der Waals surface area (Å²) in [6.45, 7) is 0.590. The number of amides is 2. The molecule has 0 aliphatic carbocycles. The number of nitrogens with two attached hydrogens (primary N) is 1. The maximum atomic E-state index is 11.8. The van der Waals surface area contributed by atoms with Gasteiger partial charge >= 0.3 is 0 Å². The van der Waals surface area contributed by atoms with Crippen molar-refractivity contribution in [3.05, 3.63) is 35.9 Å². The van der Waals surface area contributed by atoms with E-state index >= 15 is 0 Å². The summed E-state index contributed by atoms with van der Waals surface area (Å²) in [7, 11) is 1.63. The van der Waals surface area contributed by atoms with Gasteiger partial charge in [-0.1, -0.05) is 36.8 Å². The quantitative estimate of drug-likeness (QED) is 0.622. The van der Waals surface area contributed by atoms with Gasteiger partial charge in [0, 0.05) is 20.0 Å². The van der Waals surface area contributed by atoms with Gasteiger partial charge in [0.2, 0.25) is 11.8 Å². The van der Waals surface area contributed by atoms with Gasteiger partial charge in [0.05, 0.1) is 0 Å². The van der Waals surface area contributed by atoms with E-state index in [0.717, 1.165) is 24.8 Å². The summed E-state index contributed by atoms with van der Waals surface area (Å²) >= 11 is 0. The van der Waals surface area contributed by atoms with Crippen LogP contribution in [0.25, 0.3) is 0 Å². The van der Waals surface area contributed by atoms with E-state index in [2.05, 4.69) is 10.6 Å². The number of carbonyl (C=O) groups is 2. The molecule has 5 nitrogen and oxygen atoms in total. The molecule has 4 N–H and O–H groups in total. The second-order valence-electron chi connectivity index (χ2n) is 4.66. The van der Waals surface area contributed by atoms with Gasteiger partial charge in [0.25, 0.3) is 0 Å². The third-order valence-corrected chi connectivity index (χ3v) is 3.10. The number of hydrogen-bond acceptors (Lipinski definition) is 3. The van der Waals surface area contributed by atoms with E-state index in [9.17, 15) is 9.59 Å². The molecule has 0 fully saturated rings. The molecular formula is C15H23N3O2. The lowest BCUT2D eigenvalue weighted by molar-refractivity contribution is -0.122. The first-order chi connectivity index (χ1) is 9.65. The zero-order chi connectivity index (χ0) is 14.8. The molecule has 0 aromatic heterocycles. The Morgan fingerprint density at radius 2 is 1.85 bits per heavy atom. The molecule has 1 aromatic rings. The van der Waals surface area contributed by atoms with Crippen LogP contribution in [-0.4, -0.2) is 25.4 Å². The van der Waals surface area contributed by atoms with Crippen LogP contribution in [0.1, 0.15) is 37.3 Å². The predicted molar refractivity (Wildman–Crippen MR) is 78.9 cm³/mol. The molecule has 110 valence electrons. The molecule has 20 heavy (non-hydrogen) atoms. The summed E-state index contributed by atoms with van der Waals surface area (Å²) in [6.07, 6.45) is 3.13. The minimum absolute atomic E-state index is 0.0557. The number of rotatable bonds is 8. The number of benzene rings is 1. The fourth-order valence-corrected chi connectivity index (χ4v) is 1.85. The van der Waals surface area contributed by atoms with Crippen molar-refractivity contribution in [2.75, 3.05) is 13.6 Å². The standard InChI is InChI=1S/C15H23N3O2/c1-17-13(19)10-6-3-7-11-18-15(20)14(16)12-8-4-2-5-9-12/h2,4-5,8-9,14H,3,6-7,10-11,16H2,1H3,(H,17,19)(H,18,20). The molecule has 1 aromatic carbocycles. The Bertz CT molecular complexity index is 420. The van der Waals surface area contributed by atoms with Crippen molar-refractivity contribution in [1.82, 2.24) is 10.6 Å². The minimum atomic E-state index is -0.623. The molecule has 0 saturated heterocycles. The smallest absolute Gasteiger partial charge is 0.241 e. The lowest BCUT2D eigenvalue weighted by Crippen LogP contribution is -2.34. The molecule has 0 spiro atoms. The Kier molecular flexibility index (Phi) is 7.35. The Hall–Kier alpha value is -1.88. The topological polar surface area (TPSA) is 84.2 Å². The van der Waals surface area contributed by atoms with E-state index in [1.165, 1.54) is 0 Å². The zero-order valence-electron chi connectivity index (χ0n) is 11.9. The summed E-state index contributed by atoms with van der Waals surface area (Å²) in [5, 5.41) is 5.40. The first-order valence-corrected chi connectivity index (χ1v) is 6.94. The fourth-order valence-electron chi connectivity index (χ4n) is 1.85. The Morgan fingerprint density at radius 3 is 2.50 bits per heavy atom. The molecular weight excluding hydrogens is 254 g/mol. The largest absolute Gasteiger partial charge is 0.359 e. The third-order valence-electron chi connectivity index (χ3n) is 3.10. The number of hydrogen-bond donors (Lipinski definition) is 3. The number of carbonyl (C=O) groups excluding carboxylic acids is 2. The number of unbranched alkanes of at least 4 members (excludes halogenated alkanes) is 2. The van der Waals surface area contributed by atoms with E-state index in [1.54, 1.807) is 7.05 Å². The molecule has 0 heterocycles. The zero-order valence-corrected chi connectivity index (χ0v) is 11.9. The fraction of sp³-hybridized carbons (Fsp3) is 0.467. The van der Waals surface area contributed by atoms with Crippen LogP contribution >= 0.6 is 0 Å². The molecule has 1 rings (SSSR count). The van der Waals surface area contributed by atoms with Crippen LogP contribution in [0, 0.1) is 0 Å². The highest BCUT2D eigenvalue weighted by atomic mass is 16.2. The SMILES string of the molecule is CNC(=O)CCCCCNC(=O)C(N)c1ccccc1. The molecule has 0 aliphatic heterocycles. The van der Waals surface area contributed by atoms with Crippen LogP contribution < -0.4 is 16.4 Å². The van der Waals surface area contributed by atoms with Crippen LogP contribution in [0.5, 0.6) is 0 Å². The average molecular weight is 277 g/mol. The second kappa shape index (κ2) is 9.09. The van der Waals surface area contributed by atoms with Gasteiger partial charge in [0.1, 0.15) is 6.04 Å². The van der Waals surface area contributed by atoms with Crippen LogP contribution in [-0.2, 0) is 9.59 Å². The van der Waals surface area contributed by atoms with E-state index in [4.69, 9.17) is 5.73 Å². The lowest BCUT2D eigenvalue weighted by Gasteiger charge is -2.12. The predicted octanol–water partition coefficient (Wildman–Crippen LogP) is 1.11. The Labute approximate surface area is 119 Å².